The molecule has 2 heterocycles. The van der Waals surface area contributed by atoms with Crippen LogP contribution in [0.2, 0.25) is 5.02 Å². The van der Waals surface area contributed by atoms with Gasteiger partial charge < -0.3 is 20.1 Å². The average Bonchev–Trinajstić information content (AvgIpc) is 3.21. The van der Waals surface area contributed by atoms with Crippen LogP contribution in [0.4, 0.5) is 5.82 Å². The molecule has 4 N–H and O–H groups in total. The summed E-state index contributed by atoms with van der Waals surface area (Å²) in [5, 5.41) is 13.1. The predicted octanol–water partition coefficient (Wildman–Crippen LogP) is 3.76. The highest BCUT2D eigenvalue weighted by Gasteiger charge is 2.40. The Morgan fingerprint density at radius 2 is 1.94 bits per heavy atom. The van der Waals surface area contributed by atoms with Crippen LogP contribution in [0.1, 0.15) is 39.3 Å². The molecule has 1 aromatic carbocycles. The van der Waals surface area contributed by atoms with Crippen molar-refractivity contribution >= 4 is 42.0 Å². The Balaban J connectivity index is 1.80. The fourth-order valence-electron chi connectivity index (χ4n) is 3.51. The highest BCUT2D eigenvalue weighted by Crippen LogP contribution is 2.51. The molecule has 0 spiro atoms. The first kappa shape index (κ1) is 27.0. The van der Waals surface area contributed by atoms with Crippen LogP contribution in [0.3, 0.4) is 0 Å². The molecule has 3 atom stereocenters. The van der Waals surface area contributed by atoms with Gasteiger partial charge in [-0.1, -0.05) is 23.7 Å². The zero-order valence-electron chi connectivity index (χ0n) is 20.3. The minimum absolute atomic E-state index is 0.219. The van der Waals surface area contributed by atoms with Crippen LogP contribution < -0.4 is 10.8 Å². The smallest absolute Gasteiger partial charge is 0.323 e. The van der Waals surface area contributed by atoms with Crippen molar-refractivity contribution in [1.82, 2.24) is 29.3 Å². The number of carboxylic acid groups (broad SMARTS) is 1. The lowest BCUT2D eigenvalue weighted by Crippen LogP contribution is -2.48. The molecule has 11 nitrogen and oxygen atoms in total. The van der Waals surface area contributed by atoms with Crippen molar-refractivity contribution in [3.8, 4) is 0 Å². The zero-order chi connectivity index (χ0) is 26.0. The van der Waals surface area contributed by atoms with Gasteiger partial charge in [0.05, 0.1) is 19.0 Å². The van der Waals surface area contributed by atoms with Crippen molar-refractivity contribution in [3.05, 3.63) is 47.5 Å². The molecule has 2 aromatic heterocycles. The van der Waals surface area contributed by atoms with E-state index in [0.717, 1.165) is 5.56 Å². The van der Waals surface area contributed by atoms with E-state index in [-0.39, 0.29) is 18.2 Å². The largest absolute Gasteiger partial charge is 0.480 e. The molecule has 0 saturated carbocycles. The monoisotopic (exact) mass is 523 g/mol. The van der Waals surface area contributed by atoms with Crippen LogP contribution >= 0.6 is 19.0 Å². The number of nitrogens with two attached hydrogens (primary N) is 1. The number of fused-ring (bicyclic) bond motifs is 1. The second-order valence-electron chi connectivity index (χ2n) is 8.98. The molecular weight excluding hydrogens is 493 g/mol. The Hall–Kier alpha value is -2.56. The summed E-state index contributed by atoms with van der Waals surface area (Å²) in [4.78, 5) is 24.2. The van der Waals surface area contributed by atoms with E-state index >= 15 is 0 Å². The lowest BCUT2D eigenvalue weighted by Gasteiger charge is -2.38. The van der Waals surface area contributed by atoms with Crippen LogP contribution in [0.15, 0.2) is 36.9 Å². The Bertz CT molecular complexity index is 1230. The van der Waals surface area contributed by atoms with Gasteiger partial charge in [0.2, 0.25) is 7.44 Å². The van der Waals surface area contributed by atoms with Crippen LogP contribution in [0.25, 0.3) is 11.2 Å². The predicted molar refractivity (Wildman–Crippen MR) is 135 cm³/mol. The number of nitrogens with zero attached hydrogens (tertiary/aromatic N) is 5. The summed E-state index contributed by atoms with van der Waals surface area (Å²) in [7, 11) is -1.86. The molecule has 0 fully saturated rings. The van der Waals surface area contributed by atoms with E-state index in [9.17, 15) is 14.5 Å². The lowest BCUT2D eigenvalue weighted by molar-refractivity contribution is -0.142. The van der Waals surface area contributed by atoms with Gasteiger partial charge in [-0.2, -0.15) is 0 Å². The van der Waals surface area contributed by atoms with E-state index in [4.69, 9.17) is 22.1 Å². The minimum atomic E-state index is -3.54. The van der Waals surface area contributed by atoms with Crippen LogP contribution in [0, 0.1) is 0 Å². The molecule has 0 bridgehead atoms. The third-order valence-electron chi connectivity index (χ3n) is 5.83. The van der Waals surface area contributed by atoms with E-state index in [1.54, 1.807) is 34.7 Å². The first-order valence-electron chi connectivity index (χ1n) is 11.0. The van der Waals surface area contributed by atoms with E-state index in [0.29, 0.717) is 22.7 Å². The second-order valence-corrected chi connectivity index (χ2v) is 11.9. The van der Waals surface area contributed by atoms with Crippen LogP contribution in [-0.4, -0.2) is 60.3 Å². The zero-order valence-corrected chi connectivity index (χ0v) is 22.0. The molecule has 0 radical (unpaired) electrons. The van der Waals surface area contributed by atoms with Crippen LogP contribution in [0.5, 0.6) is 0 Å². The fourth-order valence-corrected chi connectivity index (χ4v) is 6.16. The van der Waals surface area contributed by atoms with Crippen molar-refractivity contribution in [2.75, 3.05) is 19.1 Å². The van der Waals surface area contributed by atoms with Crippen LogP contribution in [-0.2, 0) is 20.6 Å². The number of anilines is 1. The maximum atomic E-state index is 14.2. The molecule has 0 aliphatic rings. The van der Waals surface area contributed by atoms with Gasteiger partial charge in [-0.3, -0.25) is 9.36 Å². The number of hydrogen-bond acceptors (Lipinski definition) is 7. The van der Waals surface area contributed by atoms with Crippen molar-refractivity contribution in [2.24, 2.45) is 0 Å². The molecule has 3 rings (SSSR count). The number of nitrogens with one attached hydrogen (secondary N) is 1. The van der Waals surface area contributed by atoms with E-state index in [2.05, 4.69) is 20.0 Å². The van der Waals surface area contributed by atoms with Crippen molar-refractivity contribution < 1.29 is 19.2 Å². The number of benzene rings is 1. The lowest BCUT2D eigenvalue weighted by atomic mass is 10.1. The molecule has 0 aliphatic carbocycles. The molecule has 0 aliphatic heterocycles. The Morgan fingerprint density at radius 3 is 2.57 bits per heavy atom. The summed E-state index contributed by atoms with van der Waals surface area (Å²) in [5.74, 6) is -0.842. The van der Waals surface area contributed by atoms with Gasteiger partial charge >= 0.3 is 5.97 Å². The number of aromatic nitrogens is 4. The Kier molecular flexibility index (Phi) is 8.18. The summed E-state index contributed by atoms with van der Waals surface area (Å²) >= 11 is 6.01. The van der Waals surface area contributed by atoms with Crippen molar-refractivity contribution in [2.45, 2.75) is 51.9 Å². The number of rotatable bonds is 11. The van der Waals surface area contributed by atoms with Gasteiger partial charge in [0.1, 0.15) is 23.7 Å². The molecule has 0 unspecified atom stereocenters. The standard InChI is InChI=1S/C22H31ClN7O4P/c1-14(10-30-12-27-18-19(24)25-11-26-20(18)30)34-13-35(33,28-22(3,4)21(31)32)29(5)15(2)16-6-8-17(23)9-7-16/h6-9,11-12,14-15H,10,13H2,1-5H3,(H,28,33)(H,31,32)(H2,24,25,26)/t14-,15-,35-/m1/s1. The highest BCUT2D eigenvalue weighted by atomic mass is 35.5. The maximum absolute atomic E-state index is 14.2. The average molecular weight is 524 g/mol. The fraction of sp³-hybridized carbons (Fsp3) is 0.455. The minimum Gasteiger partial charge on any atom is -0.480 e. The number of hydrogen-bond donors (Lipinski definition) is 3. The summed E-state index contributed by atoms with van der Waals surface area (Å²) in [6, 6.07) is 6.89. The SMILES string of the molecule is C[C@H](Cn1cnc2c(N)ncnc21)OC[P@@](=O)(NC(C)(C)C(=O)O)N(C)[C@H](C)c1ccc(Cl)cc1. The van der Waals surface area contributed by atoms with Gasteiger partial charge in [-0.05, 0) is 52.4 Å². The second kappa shape index (κ2) is 10.6. The van der Waals surface area contributed by atoms with Gasteiger partial charge in [-0.25, -0.2) is 24.7 Å². The van der Waals surface area contributed by atoms with Gasteiger partial charge in [-0.15, -0.1) is 0 Å². The van der Waals surface area contributed by atoms with Gasteiger partial charge in [0.25, 0.3) is 0 Å². The number of nitrogen functional groups attached to an aromatic ring is 1. The molecule has 190 valence electrons. The number of ether oxygens (including phenoxy) is 1. The van der Waals surface area contributed by atoms with Crippen molar-refractivity contribution in [1.29, 1.82) is 0 Å². The molecular formula is C22H31ClN7O4P. The molecule has 0 saturated heterocycles. The van der Waals surface area contributed by atoms with E-state index < -0.39 is 25.1 Å². The summed E-state index contributed by atoms with van der Waals surface area (Å²) in [6.45, 7) is 7.01. The Morgan fingerprint density at radius 1 is 1.29 bits per heavy atom. The number of imidazole rings is 1. The first-order chi connectivity index (χ1) is 16.3. The summed E-state index contributed by atoms with van der Waals surface area (Å²) < 4.78 is 23.6. The number of carboxylic acids is 1. The highest BCUT2D eigenvalue weighted by molar-refractivity contribution is 7.59. The summed E-state index contributed by atoms with van der Waals surface area (Å²) in [6.07, 6.45) is 2.34. The molecule has 0 amide bonds. The summed E-state index contributed by atoms with van der Waals surface area (Å²) in [5.41, 5.74) is 6.33. The van der Waals surface area contributed by atoms with Gasteiger partial charge in [0, 0.05) is 11.1 Å². The number of aliphatic carboxylic acids is 1. The van der Waals surface area contributed by atoms with Crippen molar-refractivity contribution in [3.63, 3.8) is 0 Å². The topological polar surface area (TPSA) is 148 Å². The Labute approximate surface area is 209 Å². The van der Waals surface area contributed by atoms with E-state index in [1.165, 1.54) is 20.2 Å². The number of halogens is 1. The third-order valence-corrected chi connectivity index (χ3v) is 8.85. The normalized spacial score (nSPS) is 15.7. The third kappa shape index (κ3) is 6.17. The quantitative estimate of drug-likeness (QED) is 0.317. The number of carbonyl (C=O) groups is 1. The maximum Gasteiger partial charge on any atom is 0.323 e. The molecule has 35 heavy (non-hydrogen) atoms. The molecule has 13 heteroatoms. The van der Waals surface area contributed by atoms with Gasteiger partial charge in [0.15, 0.2) is 11.5 Å². The first-order valence-corrected chi connectivity index (χ1v) is 13.2. The van der Waals surface area contributed by atoms with E-state index in [1.807, 2.05) is 26.0 Å². The molecule has 3 aromatic rings.